The highest BCUT2D eigenvalue weighted by molar-refractivity contribution is 5.79. The molecule has 3 heterocycles. The average Bonchev–Trinajstić information content (AvgIpc) is 3.12. The highest BCUT2D eigenvalue weighted by atomic mass is 16.5. The zero-order valence-electron chi connectivity index (χ0n) is 14.1. The minimum absolute atomic E-state index is 0.683. The van der Waals surface area contributed by atoms with E-state index < -0.39 is 0 Å². The number of nitrogens with one attached hydrogen (secondary N) is 1. The van der Waals surface area contributed by atoms with E-state index in [2.05, 4.69) is 37.9 Å². The van der Waals surface area contributed by atoms with E-state index in [1.54, 1.807) is 0 Å². The van der Waals surface area contributed by atoms with E-state index in [9.17, 15) is 0 Å². The van der Waals surface area contributed by atoms with Gasteiger partial charge >= 0.3 is 0 Å². The molecule has 0 radical (unpaired) electrons. The largest absolute Gasteiger partial charge is 0.490 e. The third-order valence-electron chi connectivity index (χ3n) is 4.22. The number of pyridine rings is 1. The number of aryl methyl sites for hydroxylation is 1. The van der Waals surface area contributed by atoms with Crippen LogP contribution in [0.25, 0.3) is 22.6 Å². The lowest BCUT2D eigenvalue weighted by Crippen LogP contribution is -2.32. The summed E-state index contributed by atoms with van der Waals surface area (Å²) in [4.78, 5) is 6.81. The molecule has 0 saturated heterocycles. The fraction of sp³-hybridized carbons (Fsp3) is 0.211. The van der Waals surface area contributed by atoms with E-state index in [0.717, 1.165) is 52.9 Å². The Bertz CT molecular complexity index is 918. The molecule has 0 saturated carbocycles. The van der Waals surface area contributed by atoms with Gasteiger partial charge in [-0.05, 0) is 37.3 Å². The van der Waals surface area contributed by atoms with Crippen LogP contribution in [0, 0.1) is 6.92 Å². The number of anilines is 1. The maximum absolute atomic E-state index is 5.77. The molecular formula is C19H19N5O. The fourth-order valence-corrected chi connectivity index (χ4v) is 3.05. The van der Waals surface area contributed by atoms with Crippen LogP contribution in [0.2, 0.25) is 0 Å². The summed E-state index contributed by atoms with van der Waals surface area (Å²) in [6, 6.07) is 12.0. The molecule has 0 spiro atoms. The smallest absolute Gasteiger partial charge is 0.142 e. The first-order valence-electron chi connectivity index (χ1n) is 8.24. The number of ether oxygens (including phenoxy) is 1. The Hall–Kier alpha value is -3.15. The molecular weight excluding hydrogens is 314 g/mol. The number of hydrogen-bond acceptors (Lipinski definition) is 5. The monoisotopic (exact) mass is 333 g/mol. The minimum atomic E-state index is 0.683. The molecule has 0 amide bonds. The normalized spacial score (nSPS) is 13.2. The fourth-order valence-electron chi connectivity index (χ4n) is 3.05. The summed E-state index contributed by atoms with van der Waals surface area (Å²) in [5, 5.41) is 11.4. The van der Waals surface area contributed by atoms with Crippen molar-refractivity contribution in [1.29, 1.82) is 0 Å². The molecule has 1 aromatic carbocycles. The van der Waals surface area contributed by atoms with Gasteiger partial charge in [0.05, 0.1) is 17.9 Å². The molecule has 1 aliphatic rings. The number of nitrogens with zero attached hydrogens (tertiary/aromatic N) is 4. The number of H-pyrrole nitrogens is 1. The zero-order chi connectivity index (χ0) is 17.2. The van der Waals surface area contributed by atoms with Crippen LogP contribution in [0.4, 0.5) is 5.69 Å². The molecule has 1 N–H and O–H groups in total. The van der Waals surface area contributed by atoms with E-state index in [0.29, 0.717) is 6.61 Å². The van der Waals surface area contributed by atoms with E-state index in [-0.39, 0.29) is 0 Å². The molecule has 0 bridgehead atoms. The van der Waals surface area contributed by atoms with Crippen LogP contribution in [0.5, 0.6) is 5.75 Å². The first kappa shape index (κ1) is 15.4. The van der Waals surface area contributed by atoms with Crippen molar-refractivity contribution >= 4 is 5.69 Å². The van der Waals surface area contributed by atoms with Crippen LogP contribution in [0.3, 0.4) is 0 Å². The van der Waals surface area contributed by atoms with E-state index in [4.69, 9.17) is 4.74 Å². The Labute approximate surface area is 146 Å². The summed E-state index contributed by atoms with van der Waals surface area (Å²) in [5.74, 6) is 0.885. The third-order valence-corrected chi connectivity index (χ3v) is 4.22. The summed E-state index contributed by atoms with van der Waals surface area (Å²) in [7, 11) is 0. The molecule has 0 atom stereocenters. The van der Waals surface area contributed by atoms with Crippen molar-refractivity contribution < 1.29 is 4.74 Å². The van der Waals surface area contributed by atoms with E-state index in [1.807, 2.05) is 43.3 Å². The topological polar surface area (TPSA) is 66.9 Å². The predicted molar refractivity (Wildman–Crippen MR) is 97.7 cm³/mol. The Morgan fingerprint density at radius 2 is 2.12 bits per heavy atom. The maximum Gasteiger partial charge on any atom is 0.142 e. The van der Waals surface area contributed by atoms with Crippen LogP contribution >= 0.6 is 0 Å². The van der Waals surface area contributed by atoms with Crippen LogP contribution in [-0.4, -0.2) is 40.1 Å². The van der Waals surface area contributed by atoms with Gasteiger partial charge in [0.25, 0.3) is 0 Å². The van der Waals surface area contributed by atoms with Crippen LogP contribution in [0.15, 0.2) is 49.1 Å². The zero-order valence-corrected chi connectivity index (χ0v) is 14.1. The van der Waals surface area contributed by atoms with Crippen molar-refractivity contribution in [1.82, 2.24) is 20.4 Å². The van der Waals surface area contributed by atoms with Gasteiger partial charge in [0.15, 0.2) is 0 Å². The summed E-state index contributed by atoms with van der Waals surface area (Å²) in [6.07, 6.45) is 1.90. The molecule has 6 heteroatoms. The van der Waals surface area contributed by atoms with Crippen LogP contribution < -0.4 is 9.64 Å². The molecule has 25 heavy (non-hydrogen) atoms. The summed E-state index contributed by atoms with van der Waals surface area (Å²) < 4.78 is 5.77. The van der Waals surface area contributed by atoms with Crippen molar-refractivity contribution in [3.8, 4) is 28.4 Å². The van der Waals surface area contributed by atoms with Crippen molar-refractivity contribution in [3.63, 3.8) is 0 Å². The van der Waals surface area contributed by atoms with Gasteiger partial charge < -0.3 is 9.64 Å². The minimum Gasteiger partial charge on any atom is -0.490 e. The van der Waals surface area contributed by atoms with Gasteiger partial charge in [-0.2, -0.15) is 15.4 Å². The Morgan fingerprint density at radius 1 is 1.24 bits per heavy atom. The Balaban J connectivity index is 1.78. The number of aromatic nitrogens is 4. The highest BCUT2D eigenvalue weighted by Gasteiger charge is 2.20. The number of rotatable bonds is 4. The summed E-state index contributed by atoms with van der Waals surface area (Å²) in [5.41, 5.74) is 5.31. The lowest BCUT2D eigenvalue weighted by atomic mass is 10.1. The first-order valence-corrected chi connectivity index (χ1v) is 8.24. The lowest BCUT2D eigenvalue weighted by Gasteiger charge is -2.30. The number of hydrogen-bond donors (Lipinski definition) is 1. The predicted octanol–water partition coefficient (Wildman–Crippen LogP) is 3.23. The first-order chi connectivity index (χ1) is 12.3. The molecule has 0 fully saturated rings. The highest BCUT2D eigenvalue weighted by Crippen LogP contribution is 2.37. The molecule has 3 aromatic rings. The molecule has 0 unspecified atom stereocenters. The summed E-state index contributed by atoms with van der Waals surface area (Å²) in [6.45, 7) is 8.12. The van der Waals surface area contributed by atoms with Gasteiger partial charge in [-0.3, -0.25) is 4.98 Å². The van der Waals surface area contributed by atoms with Gasteiger partial charge in [-0.1, -0.05) is 12.1 Å². The molecule has 2 aromatic heterocycles. The summed E-state index contributed by atoms with van der Waals surface area (Å²) >= 11 is 0. The van der Waals surface area contributed by atoms with Crippen molar-refractivity contribution in [2.75, 3.05) is 24.6 Å². The Morgan fingerprint density at radius 3 is 2.96 bits per heavy atom. The molecule has 126 valence electrons. The van der Waals surface area contributed by atoms with Gasteiger partial charge in [0.1, 0.15) is 23.7 Å². The van der Waals surface area contributed by atoms with Crippen LogP contribution in [0.1, 0.15) is 5.69 Å². The maximum atomic E-state index is 5.77. The van der Waals surface area contributed by atoms with E-state index in [1.165, 1.54) is 0 Å². The van der Waals surface area contributed by atoms with Crippen molar-refractivity contribution in [2.45, 2.75) is 6.92 Å². The standard InChI is InChI=1S/C19H19N5O/c1-3-9-24-10-11-25-17-8-7-14(12-16(17)24)18-19(22-23-21-18)15-6-4-5-13(2)20-15/h3-8,12H,1,9-11H2,2H3,(H,21,22,23). The van der Waals surface area contributed by atoms with Crippen LogP contribution in [-0.2, 0) is 0 Å². The number of fused-ring (bicyclic) bond motifs is 1. The lowest BCUT2D eigenvalue weighted by molar-refractivity contribution is 0.309. The van der Waals surface area contributed by atoms with Crippen molar-refractivity contribution in [2.24, 2.45) is 0 Å². The Kier molecular flexibility index (Phi) is 3.93. The average molecular weight is 333 g/mol. The van der Waals surface area contributed by atoms with Crippen molar-refractivity contribution in [3.05, 3.63) is 54.7 Å². The third kappa shape index (κ3) is 2.87. The van der Waals surface area contributed by atoms with Gasteiger partial charge in [-0.15, -0.1) is 6.58 Å². The SMILES string of the molecule is C=CCN1CCOc2ccc(-c3n[nH]nc3-c3cccc(C)n3)cc21. The second kappa shape index (κ2) is 6.39. The number of aromatic amines is 1. The second-order valence-corrected chi connectivity index (χ2v) is 5.95. The van der Waals surface area contributed by atoms with E-state index >= 15 is 0 Å². The quantitative estimate of drug-likeness (QED) is 0.743. The molecule has 4 rings (SSSR count). The van der Waals surface area contributed by atoms with Gasteiger partial charge in [0.2, 0.25) is 0 Å². The van der Waals surface area contributed by atoms with Gasteiger partial charge in [-0.25, -0.2) is 0 Å². The van der Waals surface area contributed by atoms with Gasteiger partial charge in [0, 0.05) is 17.8 Å². The molecule has 0 aliphatic carbocycles. The second-order valence-electron chi connectivity index (χ2n) is 5.95. The number of benzene rings is 1. The molecule has 6 nitrogen and oxygen atoms in total. The molecule has 1 aliphatic heterocycles.